The van der Waals surface area contributed by atoms with E-state index in [-0.39, 0.29) is 37.3 Å². The average Bonchev–Trinajstić information content (AvgIpc) is 3.78. The molecule has 0 saturated carbocycles. The van der Waals surface area contributed by atoms with E-state index in [0.717, 1.165) is 31.5 Å². The lowest BCUT2D eigenvalue weighted by Gasteiger charge is -2.37. The molecule has 1 aromatic carbocycles. The number of likely N-dealkylation sites (tertiary alicyclic amines) is 1. The monoisotopic (exact) mass is 694 g/mol. The molecule has 3 amide bonds. The number of ether oxygens (including phenoxy) is 3. The predicted octanol–water partition coefficient (Wildman–Crippen LogP) is 2.63. The van der Waals surface area contributed by atoms with Crippen LogP contribution in [0.2, 0.25) is 0 Å². The first kappa shape index (κ1) is 37.7. The number of carbonyl (C=O) groups is 4. The number of allylic oxidation sites excluding steroid dienone is 1. The van der Waals surface area contributed by atoms with Gasteiger partial charge in [0.15, 0.2) is 0 Å². The first-order valence-corrected chi connectivity index (χ1v) is 18.3. The fourth-order valence-corrected chi connectivity index (χ4v) is 8.04. The number of esters is 1. The van der Waals surface area contributed by atoms with E-state index in [4.69, 9.17) is 14.2 Å². The fourth-order valence-electron chi connectivity index (χ4n) is 8.04. The molecule has 1 aromatic rings. The molecule has 0 unspecified atom stereocenters. The Morgan fingerprint density at radius 3 is 2.56 bits per heavy atom. The number of fused-ring (bicyclic) bond motifs is 1. The van der Waals surface area contributed by atoms with Crippen molar-refractivity contribution in [1.82, 2.24) is 20.0 Å². The van der Waals surface area contributed by atoms with Gasteiger partial charge in [0, 0.05) is 52.3 Å². The molecule has 12 heteroatoms. The Labute approximate surface area is 295 Å². The van der Waals surface area contributed by atoms with Gasteiger partial charge in [0.25, 0.3) is 0 Å². The minimum absolute atomic E-state index is 0.0778. The quantitative estimate of drug-likeness (QED) is 0.120. The molecule has 4 aliphatic rings. The van der Waals surface area contributed by atoms with Gasteiger partial charge in [-0.15, -0.1) is 13.2 Å². The zero-order valence-electron chi connectivity index (χ0n) is 29.2. The number of carbonyl (C=O) groups excluding carboxylic acids is 4. The van der Waals surface area contributed by atoms with Gasteiger partial charge in [-0.1, -0.05) is 55.3 Å². The first-order chi connectivity index (χ1) is 24.3. The van der Waals surface area contributed by atoms with Gasteiger partial charge in [-0.25, -0.2) is 0 Å². The highest BCUT2D eigenvalue weighted by Crippen LogP contribution is 2.59. The molecule has 1 spiro atoms. The van der Waals surface area contributed by atoms with Crippen LogP contribution >= 0.6 is 0 Å². The summed E-state index contributed by atoms with van der Waals surface area (Å²) in [7, 11) is 0. The molecular formula is C38H54N4O8. The summed E-state index contributed by atoms with van der Waals surface area (Å²) in [5.41, 5.74) is -0.424. The van der Waals surface area contributed by atoms with Gasteiger partial charge in [0.1, 0.15) is 17.7 Å². The lowest BCUT2D eigenvalue weighted by Crippen LogP contribution is -2.57. The topological polar surface area (TPSA) is 138 Å². The third kappa shape index (κ3) is 8.47. The molecule has 274 valence electrons. The summed E-state index contributed by atoms with van der Waals surface area (Å²) < 4.78 is 18.3. The average molecular weight is 695 g/mol. The van der Waals surface area contributed by atoms with Gasteiger partial charge in [-0.3, -0.25) is 24.1 Å². The van der Waals surface area contributed by atoms with Gasteiger partial charge in [-0.2, -0.15) is 0 Å². The van der Waals surface area contributed by atoms with Gasteiger partial charge < -0.3 is 34.4 Å². The summed E-state index contributed by atoms with van der Waals surface area (Å²) in [6.07, 6.45) is 6.81. The number of nitrogens with one attached hydrogen (secondary N) is 1. The van der Waals surface area contributed by atoms with Gasteiger partial charge in [-0.05, 0) is 37.7 Å². The summed E-state index contributed by atoms with van der Waals surface area (Å²) in [5.74, 6) is -2.92. The molecule has 0 radical (unpaired) electrons. The maximum atomic E-state index is 14.7. The minimum Gasteiger partial charge on any atom is -0.455 e. The number of amides is 3. The van der Waals surface area contributed by atoms with Crippen LogP contribution in [0.4, 0.5) is 0 Å². The summed E-state index contributed by atoms with van der Waals surface area (Å²) in [5, 5.41) is 12.1. The summed E-state index contributed by atoms with van der Waals surface area (Å²) >= 11 is 0. The summed E-state index contributed by atoms with van der Waals surface area (Å²) in [6.45, 7) is 12.5. The Morgan fingerprint density at radius 2 is 1.84 bits per heavy atom. The van der Waals surface area contributed by atoms with Crippen molar-refractivity contribution in [2.45, 2.75) is 75.2 Å². The van der Waals surface area contributed by atoms with E-state index in [1.807, 2.05) is 30.3 Å². The van der Waals surface area contributed by atoms with Crippen molar-refractivity contribution in [3.63, 3.8) is 0 Å². The molecule has 4 saturated heterocycles. The van der Waals surface area contributed by atoms with E-state index in [1.165, 1.54) is 0 Å². The fraction of sp³-hybridized carbons (Fsp3) is 0.632. The van der Waals surface area contributed by atoms with E-state index in [1.54, 1.807) is 22.0 Å². The molecule has 6 atom stereocenters. The van der Waals surface area contributed by atoms with Crippen LogP contribution in [0.3, 0.4) is 0 Å². The van der Waals surface area contributed by atoms with Crippen molar-refractivity contribution < 1.29 is 38.5 Å². The molecule has 2 bridgehead atoms. The van der Waals surface area contributed by atoms with Crippen LogP contribution in [0.25, 0.3) is 0 Å². The zero-order valence-corrected chi connectivity index (χ0v) is 29.2. The van der Waals surface area contributed by atoms with Crippen LogP contribution in [0.15, 0.2) is 55.6 Å². The molecule has 0 aliphatic carbocycles. The van der Waals surface area contributed by atoms with Crippen LogP contribution in [0, 0.1) is 11.8 Å². The van der Waals surface area contributed by atoms with Crippen molar-refractivity contribution in [2.24, 2.45) is 11.8 Å². The summed E-state index contributed by atoms with van der Waals surface area (Å²) in [6, 6.07) is 8.35. The third-order valence-corrected chi connectivity index (χ3v) is 10.6. The van der Waals surface area contributed by atoms with Gasteiger partial charge in [0.05, 0.1) is 37.7 Å². The zero-order chi connectivity index (χ0) is 35.5. The predicted molar refractivity (Wildman–Crippen MR) is 187 cm³/mol. The molecule has 0 aromatic heterocycles. The smallest absolute Gasteiger partial charge is 0.313 e. The van der Waals surface area contributed by atoms with Gasteiger partial charge >= 0.3 is 5.97 Å². The van der Waals surface area contributed by atoms with Gasteiger partial charge in [0.2, 0.25) is 17.7 Å². The number of rotatable bonds is 20. The maximum absolute atomic E-state index is 14.7. The first-order valence-electron chi connectivity index (χ1n) is 18.3. The highest BCUT2D eigenvalue weighted by Gasteiger charge is 2.75. The Morgan fingerprint density at radius 1 is 1.08 bits per heavy atom. The Kier molecular flexibility index (Phi) is 13.6. The minimum atomic E-state index is -1.15. The molecule has 4 heterocycles. The van der Waals surface area contributed by atoms with Crippen molar-refractivity contribution in [3.05, 3.63) is 61.2 Å². The highest BCUT2D eigenvalue weighted by molar-refractivity contribution is 5.98. The Hall–Kier alpha value is -3.58. The molecule has 12 nitrogen and oxygen atoms in total. The van der Waals surface area contributed by atoms with Crippen molar-refractivity contribution >= 4 is 23.7 Å². The van der Waals surface area contributed by atoms with Crippen molar-refractivity contribution in [1.29, 1.82) is 0 Å². The molecule has 50 heavy (non-hydrogen) atoms. The lowest BCUT2D eigenvalue weighted by molar-refractivity contribution is -0.160. The number of nitrogens with zero attached hydrogens (tertiary/aromatic N) is 3. The Balaban J connectivity index is 1.38. The second-order valence-corrected chi connectivity index (χ2v) is 13.7. The van der Waals surface area contributed by atoms with Crippen molar-refractivity contribution in [2.75, 3.05) is 65.6 Å². The Bertz CT molecular complexity index is 1340. The number of unbranched alkanes of at least 4 members (excludes halogenated alkanes) is 3. The number of hydrogen-bond acceptors (Lipinski definition) is 9. The van der Waals surface area contributed by atoms with Crippen LogP contribution in [-0.2, 0) is 33.4 Å². The van der Waals surface area contributed by atoms with E-state index >= 15 is 0 Å². The number of morpholine rings is 1. The van der Waals surface area contributed by atoms with Crippen LogP contribution in [0.5, 0.6) is 0 Å². The number of hydrogen-bond donors (Lipinski definition) is 2. The molecule has 4 aliphatic heterocycles. The molecule has 4 fully saturated rings. The molecule has 5 rings (SSSR count). The maximum Gasteiger partial charge on any atom is 0.313 e. The highest BCUT2D eigenvalue weighted by atomic mass is 16.6. The lowest BCUT2D eigenvalue weighted by atomic mass is 9.70. The molecular weight excluding hydrogens is 640 g/mol. The van der Waals surface area contributed by atoms with Crippen LogP contribution < -0.4 is 5.32 Å². The second-order valence-electron chi connectivity index (χ2n) is 13.7. The van der Waals surface area contributed by atoms with Crippen LogP contribution in [-0.4, -0.2) is 127 Å². The van der Waals surface area contributed by atoms with E-state index in [9.17, 15) is 24.3 Å². The second kappa shape index (κ2) is 18.1. The summed E-state index contributed by atoms with van der Waals surface area (Å²) in [4.78, 5) is 61.5. The largest absolute Gasteiger partial charge is 0.455 e. The standard InChI is InChI=1S/C38H54N4O8/c1-3-5-15-31(44)39-27-30(28-13-9-8-10-14-28)49-37(47)32-29-16-17-38(50-29)33(32)35(45)42(19-11-6-7-12-24-43)34(38)36(46)41(18-4-2)21-20-40-22-25-48-26-23-40/h3-4,8-10,13-14,29-30,32-34,43H,1-2,5-7,11-12,15-27H2,(H,39,44)/t29-,30-,32+,33+,34-,38+/m1/s1. The van der Waals surface area contributed by atoms with E-state index in [2.05, 4.69) is 23.4 Å². The third-order valence-electron chi connectivity index (χ3n) is 10.6. The number of benzene rings is 1. The number of aliphatic hydroxyl groups is 1. The van der Waals surface area contributed by atoms with Crippen molar-refractivity contribution in [3.8, 4) is 0 Å². The van der Waals surface area contributed by atoms with Crippen LogP contribution in [0.1, 0.15) is 63.0 Å². The van der Waals surface area contributed by atoms with E-state index in [0.29, 0.717) is 71.5 Å². The normalized spacial score (nSPS) is 26.3. The SMILES string of the molecule is C=CCCC(=O)NC[C@@H](OC(=O)[C@@H]1[C@H]2C(=O)N(CCCCCCO)[C@H](C(=O)N(CC=C)CCN3CCOCC3)[C@]23CC[C@H]1O3)c1ccccc1. The molecule has 2 N–H and O–H groups in total. The van der Waals surface area contributed by atoms with E-state index < -0.39 is 41.7 Å². The number of aliphatic hydroxyl groups excluding tert-OH is 1.